The Balaban J connectivity index is 1.55. The average molecular weight is 390 g/mol. The van der Waals surface area contributed by atoms with Crippen molar-refractivity contribution in [3.8, 4) is 11.3 Å². The van der Waals surface area contributed by atoms with Gasteiger partial charge in [0, 0.05) is 12.0 Å². The van der Waals surface area contributed by atoms with Crippen LogP contribution in [0, 0.1) is 0 Å². The largest absolute Gasteiger partial charge is 0.462 e. The third kappa shape index (κ3) is 5.90. The van der Waals surface area contributed by atoms with E-state index in [2.05, 4.69) is 10.5 Å². The van der Waals surface area contributed by atoms with E-state index in [1.165, 1.54) is 6.21 Å². The van der Waals surface area contributed by atoms with Crippen LogP contribution < -0.4 is 5.43 Å². The van der Waals surface area contributed by atoms with Crippen LogP contribution in [0.4, 0.5) is 0 Å². The second kappa shape index (κ2) is 10.0. The molecule has 1 heterocycles. The maximum absolute atomic E-state index is 11.9. The maximum atomic E-state index is 11.9. The molecule has 0 aliphatic rings. The Labute approximate surface area is 169 Å². The Morgan fingerprint density at radius 1 is 1.07 bits per heavy atom. The van der Waals surface area contributed by atoms with E-state index in [0.29, 0.717) is 36.5 Å². The Hall–Kier alpha value is -3.67. The predicted molar refractivity (Wildman–Crippen MR) is 111 cm³/mol. The van der Waals surface area contributed by atoms with Gasteiger partial charge in [-0.2, -0.15) is 5.10 Å². The van der Waals surface area contributed by atoms with Crippen molar-refractivity contribution in [2.24, 2.45) is 5.10 Å². The summed E-state index contributed by atoms with van der Waals surface area (Å²) in [6, 6.07) is 20.3. The van der Waals surface area contributed by atoms with Crippen LogP contribution >= 0.6 is 0 Å². The number of aryl methyl sites for hydroxylation is 1. The molecule has 1 aromatic heterocycles. The van der Waals surface area contributed by atoms with Gasteiger partial charge >= 0.3 is 5.97 Å². The Morgan fingerprint density at radius 2 is 1.90 bits per heavy atom. The SMILES string of the molecule is CCOC(=O)c1cccc(-c2ccc(/C=N\NC(=O)CCc3ccccc3)o2)c1. The summed E-state index contributed by atoms with van der Waals surface area (Å²) in [5, 5.41) is 3.94. The first-order valence-electron chi connectivity index (χ1n) is 9.39. The number of carbonyl (C=O) groups is 2. The molecule has 1 amide bonds. The molecule has 148 valence electrons. The fraction of sp³-hybridized carbons (Fsp3) is 0.174. The summed E-state index contributed by atoms with van der Waals surface area (Å²) in [6.45, 7) is 2.09. The molecule has 2 aromatic carbocycles. The van der Waals surface area contributed by atoms with E-state index >= 15 is 0 Å². The normalized spacial score (nSPS) is 10.8. The van der Waals surface area contributed by atoms with Crippen molar-refractivity contribution < 1.29 is 18.7 Å². The second-order valence-corrected chi connectivity index (χ2v) is 6.28. The van der Waals surface area contributed by atoms with Crippen molar-refractivity contribution >= 4 is 18.1 Å². The fourth-order valence-corrected chi connectivity index (χ4v) is 2.72. The van der Waals surface area contributed by atoms with Crippen molar-refractivity contribution in [3.63, 3.8) is 0 Å². The minimum Gasteiger partial charge on any atom is -0.462 e. The lowest BCUT2D eigenvalue weighted by atomic mass is 10.1. The number of esters is 1. The van der Waals surface area contributed by atoms with E-state index in [1.807, 2.05) is 36.4 Å². The number of benzene rings is 2. The van der Waals surface area contributed by atoms with Crippen molar-refractivity contribution in [2.45, 2.75) is 19.8 Å². The lowest BCUT2D eigenvalue weighted by Gasteiger charge is -2.03. The van der Waals surface area contributed by atoms with Crippen molar-refractivity contribution in [2.75, 3.05) is 6.61 Å². The molecule has 6 heteroatoms. The van der Waals surface area contributed by atoms with Crippen molar-refractivity contribution in [3.05, 3.63) is 83.6 Å². The summed E-state index contributed by atoms with van der Waals surface area (Å²) in [5.41, 5.74) is 4.81. The van der Waals surface area contributed by atoms with Crippen LogP contribution in [-0.2, 0) is 16.0 Å². The number of hydrogen-bond acceptors (Lipinski definition) is 5. The highest BCUT2D eigenvalue weighted by Crippen LogP contribution is 2.23. The molecule has 0 saturated heterocycles. The number of hydrazone groups is 1. The van der Waals surface area contributed by atoms with Gasteiger partial charge in [0.2, 0.25) is 5.91 Å². The van der Waals surface area contributed by atoms with Gasteiger partial charge < -0.3 is 9.15 Å². The van der Waals surface area contributed by atoms with Gasteiger partial charge in [-0.1, -0.05) is 42.5 Å². The summed E-state index contributed by atoms with van der Waals surface area (Å²) < 4.78 is 10.7. The van der Waals surface area contributed by atoms with Crippen LogP contribution in [0.15, 0.2) is 76.2 Å². The van der Waals surface area contributed by atoms with E-state index in [4.69, 9.17) is 9.15 Å². The standard InChI is InChI=1S/C23H22N2O4/c1-2-28-23(27)19-10-6-9-18(15-19)21-13-12-20(29-21)16-24-25-22(26)14-11-17-7-4-3-5-8-17/h3-10,12-13,15-16H,2,11,14H2,1H3,(H,25,26)/b24-16-. The minimum atomic E-state index is -0.374. The quantitative estimate of drug-likeness (QED) is 0.355. The number of hydrogen-bond donors (Lipinski definition) is 1. The van der Waals surface area contributed by atoms with Crippen LogP contribution in [0.2, 0.25) is 0 Å². The maximum Gasteiger partial charge on any atom is 0.338 e. The van der Waals surface area contributed by atoms with Crippen LogP contribution in [0.3, 0.4) is 0 Å². The van der Waals surface area contributed by atoms with E-state index in [-0.39, 0.29) is 11.9 Å². The summed E-state index contributed by atoms with van der Waals surface area (Å²) in [4.78, 5) is 23.8. The molecule has 0 atom stereocenters. The number of carbonyl (C=O) groups excluding carboxylic acids is 2. The van der Waals surface area contributed by atoms with Gasteiger partial charge in [-0.15, -0.1) is 0 Å². The van der Waals surface area contributed by atoms with Gasteiger partial charge in [0.25, 0.3) is 0 Å². The van der Waals surface area contributed by atoms with E-state index in [1.54, 1.807) is 37.3 Å². The molecule has 0 fully saturated rings. The van der Waals surface area contributed by atoms with Crippen molar-refractivity contribution in [1.29, 1.82) is 0 Å². The summed E-state index contributed by atoms with van der Waals surface area (Å²) >= 11 is 0. The molecule has 0 unspecified atom stereocenters. The molecular formula is C23H22N2O4. The summed E-state index contributed by atoms with van der Waals surface area (Å²) in [7, 11) is 0. The molecule has 0 aliphatic heterocycles. The number of nitrogens with zero attached hydrogens (tertiary/aromatic N) is 1. The molecule has 3 rings (SSSR count). The zero-order valence-corrected chi connectivity index (χ0v) is 16.1. The van der Waals surface area contributed by atoms with Crippen molar-refractivity contribution in [1.82, 2.24) is 5.43 Å². The zero-order valence-electron chi connectivity index (χ0n) is 16.1. The average Bonchev–Trinajstić information content (AvgIpc) is 3.22. The van der Waals surface area contributed by atoms with Gasteiger partial charge in [0.15, 0.2) is 0 Å². The molecule has 1 N–H and O–H groups in total. The minimum absolute atomic E-state index is 0.168. The Kier molecular flexibility index (Phi) is 6.95. The first kappa shape index (κ1) is 20.1. The highest BCUT2D eigenvalue weighted by Gasteiger charge is 2.10. The topological polar surface area (TPSA) is 80.9 Å². The molecule has 29 heavy (non-hydrogen) atoms. The Bertz CT molecular complexity index is 993. The van der Waals surface area contributed by atoms with Crippen LogP contribution in [0.5, 0.6) is 0 Å². The van der Waals surface area contributed by atoms with E-state index in [0.717, 1.165) is 11.1 Å². The molecule has 3 aromatic rings. The van der Waals surface area contributed by atoms with Gasteiger partial charge in [0.05, 0.1) is 18.4 Å². The van der Waals surface area contributed by atoms with Gasteiger partial charge in [-0.3, -0.25) is 4.79 Å². The number of rotatable bonds is 8. The third-order valence-corrected chi connectivity index (χ3v) is 4.15. The zero-order chi connectivity index (χ0) is 20.5. The lowest BCUT2D eigenvalue weighted by Crippen LogP contribution is -2.17. The number of ether oxygens (including phenoxy) is 1. The number of nitrogens with one attached hydrogen (secondary N) is 1. The first-order chi connectivity index (χ1) is 14.2. The van der Waals surface area contributed by atoms with Gasteiger partial charge in [-0.25, -0.2) is 10.2 Å². The molecule has 0 spiro atoms. The van der Waals surface area contributed by atoms with E-state index in [9.17, 15) is 9.59 Å². The monoisotopic (exact) mass is 390 g/mol. The summed E-state index contributed by atoms with van der Waals surface area (Å²) in [6.07, 6.45) is 2.45. The van der Waals surface area contributed by atoms with Gasteiger partial charge in [-0.05, 0) is 43.2 Å². The third-order valence-electron chi connectivity index (χ3n) is 4.15. The highest BCUT2D eigenvalue weighted by atomic mass is 16.5. The van der Waals surface area contributed by atoms with Gasteiger partial charge in [0.1, 0.15) is 11.5 Å². The van der Waals surface area contributed by atoms with E-state index < -0.39 is 0 Å². The molecule has 0 saturated carbocycles. The smallest absolute Gasteiger partial charge is 0.338 e. The molecule has 0 aliphatic carbocycles. The summed E-state index contributed by atoms with van der Waals surface area (Å²) in [5.74, 6) is 0.540. The molecule has 0 bridgehead atoms. The van der Waals surface area contributed by atoms with Crippen LogP contribution in [0.25, 0.3) is 11.3 Å². The molecule has 6 nitrogen and oxygen atoms in total. The first-order valence-corrected chi connectivity index (χ1v) is 9.39. The van der Waals surface area contributed by atoms with Crippen LogP contribution in [0.1, 0.15) is 35.0 Å². The number of furan rings is 1. The fourth-order valence-electron chi connectivity index (χ4n) is 2.72. The van der Waals surface area contributed by atoms with Crippen LogP contribution in [-0.4, -0.2) is 24.7 Å². The number of amides is 1. The highest BCUT2D eigenvalue weighted by molar-refractivity contribution is 5.91. The predicted octanol–water partition coefficient (Wildman–Crippen LogP) is 4.21. The molecule has 0 radical (unpaired) electrons. The second-order valence-electron chi connectivity index (χ2n) is 6.28. The Morgan fingerprint density at radius 3 is 2.69 bits per heavy atom. The molecular weight excluding hydrogens is 368 g/mol. The lowest BCUT2D eigenvalue weighted by molar-refractivity contribution is -0.121.